The molecule has 5 rings (SSSR count). The Morgan fingerprint density at radius 2 is 1.91 bits per heavy atom. The van der Waals surface area contributed by atoms with E-state index in [0.717, 1.165) is 33.4 Å². The summed E-state index contributed by atoms with van der Waals surface area (Å²) >= 11 is 0. The fraction of sp³-hybridized carbons (Fsp3) is 0.407. The van der Waals surface area contributed by atoms with Gasteiger partial charge in [-0.3, -0.25) is 19.5 Å². The molecule has 2 aliphatic rings. The van der Waals surface area contributed by atoms with Gasteiger partial charge in [-0.05, 0) is 51.0 Å². The molecule has 0 saturated carbocycles. The van der Waals surface area contributed by atoms with Crippen LogP contribution in [0, 0.1) is 6.92 Å². The van der Waals surface area contributed by atoms with Crippen LogP contribution in [0.1, 0.15) is 49.7 Å². The van der Waals surface area contributed by atoms with Gasteiger partial charge in [0, 0.05) is 48.0 Å². The van der Waals surface area contributed by atoms with Crippen LogP contribution in [0.4, 0.5) is 4.79 Å². The number of aryl methyl sites for hydroxylation is 1. The highest BCUT2D eigenvalue weighted by Crippen LogP contribution is 2.36. The Kier molecular flexibility index (Phi) is 5.62. The van der Waals surface area contributed by atoms with Crippen molar-refractivity contribution in [3.05, 3.63) is 65.1 Å². The molecule has 182 valence electrons. The maximum atomic E-state index is 13.2. The molecular formula is C27H30N4O4. The van der Waals surface area contributed by atoms with Gasteiger partial charge >= 0.3 is 12.0 Å². The number of para-hydroxylation sites is 1. The lowest BCUT2D eigenvalue weighted by atomic mass is 9.97. The summed E-state index contributed by atoms with van der Waals surface area (Å²) in [6, 6.07) is 11.3. The fourth-order valence-corrected chi connectivity index (χ4v) is 5.02. The maximum Gasteiger partial charge on any atom is 0.327 e. The van der Waals surface area contributed by atoms with Gasteiger partial charge in [0.15, 0.2) is 0 Å². The molecule has 0 N–H and O–H groups in total. The SMILES string of the molecule is Cc1ccc(Cn2c3c(c4ccccc42)C[C@H]2C(=O)N(CCC(=O)OC(C)(C)C)C(=O)N2C3)cn1. The van der Waals surface area contributed by atoms with E-state index in [-0.39, 0.29) is 24.9 Å². The Morgan fingerprint density at radius 1 is 1.14 bits per heavy atom. The van der Waals surface area contributed by atoms with Crippen LogP contribution in [-0.2, 0) is 33.8 Å². The van der Waals surface area contributed by atoms with Crippen LogP contribution in [-0.4, -0.2) is 55.4 Å². The van der Waals surface area contributed by atoms with E-state index in [4.69, 9.17) is 4.74 Å². The third-order valence-electron chi connectivity index (χ3n) is 6.59. The second-order valence-corrected chi connectivity index (χ2v) is 10.3. The van der Waals surface area contributed by atoms with Crippen LogP contribution in [0.5, 0.6) is 0 Å². The molecule has 0 spiro atoms. The molecule has 1 atom stereocenters. The maximum absolute atomic E-state index is 13.2. The molecule has 0 aliphatic carbocycles. The van der Waals surface area contributed by atoms with E-state index >= 15 is 0 Å². The van der Waals surface area contributed by atoms with E-state index in [1.165, 1.54) is 4.90 Å². The van der Waals surface area contributed by atoms with Crippen molar-refractivity contribution in [3.63, 3.8) is 0 Å². The first-order chi connectivity index (χ1) is 16.6. The number of carbonyl (C=O) groups is 3. The monoisotopic (exact) mass is 474 g/mol. The van der Waals surface area contributed by atoms with E-state index < -0.39 is 17.6 Å². The molecule has 8 heteroatoms. The van der Waals surface area contributed by atoms with Crippen molar-refractivity contribution >= 4 is 28.8 Å². The van der Waals surface area contributed by atoms with Crippen LogP contribution < -0.4 is 0 Å². The molecule has 0 radical (unpaired) electrons. The number of aromatic nitrogens is 2. The summed E-state index contributed by atoms with van der Waals surface area (Å²) in [5.41, 5.74) is 4.66. The first-order valence-corrected chi connectivity index (χ1v) is 12.0. The molecule has 1 saturated heterocycles. The summed E-state index contributed by atoms with van der Waals surface area (Å²) in [4.78, 5) is 45.9. The largest absolute Gasteiger partial charge is 0.460 e. The third-order valence-corrected chi connectivity index (χ3v) is 6.59. The zero-order valence-corrected chi connectivity index (χ0v) is 20.6. The minimum absolute atomic E-state index is 0.0160. The number of urea groups is 1. The van der Waals surface area contributed by atoms with Crippen LogP contribution in [0.25, 0.3) is 10.9 Å². The molecule has 1 fully saturated rings. The summed E-state index contributed by atoms with van der Waals surface area (Å²) in [7, 11) is 0. The minimum Gasteiger partial charge on any atom is -0.460 e. The highest BCUT2D eigenvalue weighted by atomic mass is 16.6. The highest BCUT2D eigenvalue weighted by molar-refractivity contribution is 6.05. The van der Waals surface area contributed by atoms with Gasteiger partial charge in [0.2, 0.25) is 0 Å². The van der Waals surface area contributed by atoms with Crippen molar-refractivity contribution in [3.8, 4) is 0 Å². The fourth-order valence-electron chi connectivity index (χ4n) is 5.02. The van der Waals surface area contributed by atoms with Crippen molar-refractivity contribution in [2.75, 3.05) is 6.54 Å². The van der Waals surface area contributed by atoms with Crippen molar-refractivity contribution in [1.82, 2.24) is 19.4 Å². The molecule has 0 bridgehead atoms. The van der Waals surface area contributed by atoms with Gasteiger partial charge in [0.05, 0.1) is 13.0 Å². The molecule has 0 unspecified atom stereocenters. The molecule has 35 heavy (non-hydrogen) atoms. The van der Waals surface area contributed by atoms with Gasteiger partial charge in [-0.2, -0.15) is 0 Å². The van der Waals surface area contributed by atoms with Crippen LogP contribution in [0.15, 0.2) is 42.6 Å². The van der Waals surface area contributed by atoms with Gasteiger partial charge in [0.1, 0.15) is 11.6 Å². The number of fused-ring (bicyclic) bond motifs is 4. The first-order valence-electron chi connectivity index (χ1n) is 12.0. The number of imide groups is 1. The van der Waals surface area contributed by atoms with Crippen molar-refractivity contribution in [2.24, 2.45) is 0 Å². The molecule has 1 aromatic carbocycles. The lowest BCUT2D eigenvalue weighted by Crippen LogP contribution is -2.40. The van der Waals surface area contributed by atoms with Crippen molar-refractivity contribution in [1.29, 1.82) is 0 Å². The Balaban J connectivity index is 1.42. The summed E-state index contributed by atoms with van der Waals surface area (Å²) in [5, 5.41) is 1.11. The Labute approximate surface area is 204 Å². The lowest BCUT2D eigenvalue weighted by Gasteiger charge is -2.28. The summed E-state index contributed by atoms with van der Waals surface area (Å²) in [5.74, 6) is -0.667. The number of hydrogen-bond acceptors (Lipinski definition) is 5. The molecule has 3 amide bonds. The summed E-state index contributed by atoms with van der Waals surface area (Å²) in [6.45, 7) is 8.34. The molecule has 2 aliphatic heterocycles. The molecule has 8 nitrogen and oxygen atoms in total. The predicted molar refractivity (Wildman–Crippen MR) is 131 cm³/mol. The number of pyridine rings is 1. The predicted octanol–water partition coefficient (Wildman–Crippen LogP) is 3.81. The lowest BCUT2D eigenvalue weighted by molar-refractivity contribution is -0.155. The number of rotatable bonds is 5. The molecule has 3 aromatic rings. The van der Waals surface area contributed by atoms with E-state index in [9.17, 15) is 14.4 Å². The number of esters is 1. The number of benzene rings is 1. The van der Waals surface area contributed by atoms with E-state index in [0.29, 0.717) is 19.5 Å². The highest BCUT2D eigenvalue weighted by Gasteiger charge is 2.48. The molecule has 4 heterocycles. The average molecular weight is 475 g/mol. The van der Waals surface area contributed by atoms with Crippen LogP contribution in [0.3, 0.4) is 0 Å². The summed E-state index contributed by atoms with van der Waals surface area (Å²) < 4.78 is 7.57. The van der Waals surface area contributed by atoms with Gasteiger partial charge in [0.25, 0.3) is 5.91 Å². The number of nitrogens with zero attached hydrogens (tertiary/aromatic N) is 4. The number of amides is 3. The summed E-state index contributed by atoms with van der Waals surface area (Å²) in [6.07, 6.45) is 2.32. The van der Waals surface area contributed by atoms with E-state index in [1.54, 1.807) is 25.7 Å². The zero-order chi connectivity index (χ0) is 24.9. The Bertz CT molecular complexity index is 1320. The van der Waals surface area contributed by atoms with Gasteiger partial charge in [-0.15, -0.1) is 0 Å². The normalized spacial score (nSPS) is 17.7. The number of carbonyl (C=O) groups excluding carboxylic acids is 3. The van der Waals surface area contributed by atoms with E-state index in [1.807, 2.05) is 31.3 Å². The minimum atomic E-state index is -0.609. The Morgan fingerprint density at radius 3 is 2.63 bits per heavy atom. The number of hydrogen-bond donors (Lipinski definition) is 0. The smallest absolute Gasteiger partial charge is 0.327 e. The second-order valence-electron chi connectivity index (χ2n) is 10.3. The average Bonchev–Trinajstić information content (AvgIpc) is 3.23. The molecule has 2 aromatic heterocycles. The number of ether oxygens (including phenoxy) is 1. The van der Waals surface area contributed by atoms with Crippen molar-refractivity contribution in [2.45, 2.75) is 65.3 Å². The van der Waals surface area contributed by atoms with Crippen LogP contribution >= 0.6 is 0 Å². The third kappa shape index (κ3) is 4.29. The Hall–Kier alpha value is -3.68. The van der Waals surface area contributed by atoms with Crippen LogP contribution in [0.2, 0.25) is 0 Å². The van der Waals surface area contributed by atoms with E-state index in [2.05, 4.69) is 27.8 Å². The second kappa shape index (κ2) is 8.52. The first kappa shape index (κ1) is 23.1. The van der Waals surface area contributed by atoms with Gasteiger partial charge in [-0.25, -0.2) is 4.79 Å². The van der Waals surface area contributed by atoms with Gasteiger partial charge in [-0.1, -0.05) is 24.3 Å². The quantitative estimate of drug-likeness (QED) is 0.415. The molecular weight excluding hydrogens is 444 g/mol. The zero-order valence-electron chi connectivity index (χ0n) is 20.6. The van der Waals surface area contributed by atoms with Crippen molar-refractivity contribution < 1.29 is 19.1 Å². The van der Waals surface area contributed by atoms with Gasteiger partial charge < -0.3 is 14.2 Å². The topological polar surface area (TPSA) is 84.7 Å². The standard InChI is InChI=1S/C27H30N4O4/c1-17-9-10-18(14-28-17)15-30-21-8-6-5-7-19(21)20-13-22-25(33)29(26(34)31(22)16-23(20)30)12-11-24(32)35-27(2,3)4/h5-10,14,22H,11-13,15-16H2,1-4H3/t22-/m0/s1.